The number of aliphatic carboxylic acids is 2. The molecule has 1 unspecified atom stereocenters. The van der Waals surface area contributed by atoms with Gasteiger partial charge in [-0.15, -0.1) is 5.10 Å². The molecular formula is C68H90F2IN15O13S. The fourth-order valence-corrected chi connectivity index (χ4v) is 13.3. The Morgan fingerprint density at radius 3 is 2.30 bits per heavy atom. The van der Waals surface area contributed by atoms with Gasteiger partial charge in [-0.25, -0.2) is 13.5 Å². The number of carbonyl (C=O) groups is 8. The number of rotatable bonds is 35. The average Bonchev–Trinajstić information content (AvgIpc) is 1.65. The van der Waals surface area contributed by atoms with Crippen LogP contribution in [0, 0.1) is 20.8 Å². The number of amides is 5. The molecule has 0 aliphatic carbocycles. The van der Waals surface area contributed by atoms with Gasteiger partial charge in [-0.1, -0.05) is 54.6 Å². The molecule has 5 amide bonds. The summed E-state index contributed by atoms with van der Waals surface area (Å²) in [6, 6.07) is 20.1. The van der Waals surface area contributed by atoms with Gasteiger partial charge < -0.3 is 65.7 Å². The lowest BCUT2D eigenvalue weighted by Crippen LogP contribution is -2.52. The highest BCUT2D eigenvalue weighted by atomic mass is 127. The average molecular weight is 1520 g/mol. The maximum atomic E-state index is 14.1. The van der Waals surface area contributed by atoms with Crippen LogP contribution < -0.4 is 26.6 Å². The van der Waals surface area contributed by atoms with E-state index in [1.807, 2.05) is 71.3 Å². The number of aromatic nitrogens is 3. The fourth-order valence-electron chi connectivity index (χ4n) is 12.7. The van der Waals surface area contributed by atoms with Crippen molar-refractivity contribution in [2.75, 3.05) is 117 Å². The van der Waals surface area contributed by atoms with Gasteiger partial charge in [-0.2, -0.15) is 5.26 Å². The van der Waals surface area contributed by atoms with Crippen LogP contribution in [0.3, 0.4) is 0 Å². The minimum Gasteiger partial charge on any atom is -0.480 e. The molecule has 0 bridgehead atoms. The lowest BCUT2D eigenvalue weighted by atomic mass is 9.99. The number of nitriles is 1. The fraction of sp³-hybridized carbons (Fsp3) is 0.559. The van der Waals surface area contributed by atoms with Crippen molar-refractivity contribution < 1.29 is 71.6 Å². The van der Waals surface area contributed by atoms with E-state index >= 15 is 0 Å². The summed E-state index contributed by atoms with van der Waals surface area (Å²) in [5, 5.41) is 52.4. The normalized spacial score (nSPS) is 19.5. The zero-order valence-electron chi connectivity index (χ0n) is 56.2. The number of carboxylic acid groups (broad SMARTS) is 2. The number of hydrogen-bond acceptors (Lipinski definition) is 19. The van der Waals surface area contributed by atoms with Crippen LogP contribution in [0.4, 0.5) is 14.5 Å². The number of hydrogen-bond donors (Lipinski definition) is 7. The number of ether oxygens (including phenoxy) is 3. The number of halogens is 3. The third-order valence-corrected chi connectivity index (χ3v) is 19.0. The van der Waals surface area contributed by atoms with Gasteiger partial charge in [0.2, 0.25) is 29.5 Å². The number of benzene rings is 3. The molecule has 28 nitrogen and oxygen atoms in total. The number of fused-ring (bicyclic) bond motifs is 1. The highest BCUT2D eigenvalue weighted by Gasteiger charge is 2.50. The number of nitrogens with one attached hydrogen (secondary N) is 5. The molecule has 4 aromatic rings. The second-order valence-corrected chi connectivity index (χ2v) is 27.2. The zero-order valence-corrected chi connectivity index (χ0v) is 59.2. The van der Waals surface area contributed by atoms with Crippen molar-refractivity contribution in [3.8, 4) is 6.07 Å². The molecule has 7 N–H and O–H groups in total. The van der Waals surface area contributed by atoms with Crippen LogP contribution in [0.15, 0.2) is 72.9 Å². The maximum Gasteiger partial charge on any atom is 0.317 e. The number of nitrogens with zero attached hydrogens (tertiary/aromatic N) is 10. The summed E-state index contributed by atoms with van der Waals surface area (Å²) < 4.78 is 47.9. The summed E-state index contributed by atoms with van der Waals surface area (Å²) in [7, 11) is 0. The number of likely N-dealkylation sites (N-methyl/N-ethyl adjacent to an activating group) is 1. The van der Waals surface area contributed by atoms with Gasteiger partial charge in [-0.3, -0.25) is 53.1 Å². The first-order valence-corrected chi connectivity index (χ1v) is 35.3. The monoisotopic (exact) mass is 1520 g/mol. The molecule has 0 spiro atoms. The second kappa shape index (κ2) is 39.3. The molecule has 32 heteroatoms. The van der Waals surface area contributed by atoms with Gasteiger partial charge in [0.15, 0.2) is 5.11 Å². The summed E-state index contributed by atoms with van der Waals surface area (Å²) in [4.78, 5) is 112. The van der Waals surface area contributed by atoms with E-state index < -0.39 is 66.7 Å². The van der Waals surface area contributed by atoms with Gasteiger partial charge in [0, 0.05) is 112 Å². The number of anilines is 1. The minimum atomic E-state index is -3.20. The van der Waals surface area contributed by atoms with Crippen LogP contribution in [0.25, 0.3) is 0 Å². The van der Waals surface area contributed by atoms with Gasteiger partial charge in [-0.05, 0) is 138 Å². The van der Waals surface area contributed by atoms with E-state index in [0.717, 1.165) is 43.6 Å². The Kier molecular flexibility index (Phi) is 30.6. The van der Waals surface area contributed by atoms with Crippen molar-refractivity contribution in [2.24, 2.45) is 5.92 Å². The SMILES string of the molecule is CCN1CCN(CC(=O)O)CCN(CC(=O)O)CCN(COC=O)C(Cc2ccc(NC(=S)N[C@H](CCCCNC(=O)CCCc3ccc(I)cc3)C(=O)NCCOCCOCc3cn(Cc4cccc5c4CN(C(=O)C[C@@H]4C[C@@H](C(=O)N6CC(F)(F)C[C@H]6C#N)NC4=O)C5)nn3)cc2)C1. The molecular weight excluding hydrogens is 1430 g/mol. The summed E-state index contributed by atoms with van der Waals surface area (Å²) in [5.41, 5.74) is 6.16. The first-order chi connectivity index (χ1) is 48.1. The number of alkyl halides is 2. The molecule has 5 atom stereocenters. The number of carboxylic acids is 2. The molecule has 100 heavy (non-hydrogen) atoms. The first kappa shape index (κ1) is 77.8. The van der Waals surface area contributed by atoms with Crippen LogP contribution in [-0.4, -0.2) is 249 Å². The number of unbranched alkanes of at least 4 members (excludes halogenated alkanes) is 1. The molecule has 3 aromatic carbocycles. The van der Waals surface area contributed by atoms with Gasteiger partial charge in [0.25, 0.3) is 12.4 Å². The predicted molar refractivity (Wildman–Crippen MR) is 374 cm³/mol. The maximum absolute atomic E-state index is 14.1. The lowest BCUT2D eigenvalue weighted by molar-refractivity contribution is -0.140. The van der Waals surface area contributed by atoms with E-state index in [2.05, 4.69) is 76.5 Å². The molecule has 542 valence electrons. The second-order valence-electron chi connectivity index (χ2n) is 25.5. The predicted octanol–water partition coefficient (Wildman–Crippen LogP) is 3.19. The lowest BCUT2D eigenvalue weighted by Gasteiger charge is -2.37. The van der Waals surface area contributed by atoms with Crippen molar-refractivity contribution in [2.45, 2.75) is 127 Å². The summed E-state index contributed by atoms with van der Waals surface area (Å²) >= 11 is 8.05. The van der Waals surface area contributed by atoms with E-state index in [-0.39, 0.29) is 101 Å². The topological polar surface area (TPSA) is 339 Å². The molecule has 0 radical (unpaired) electrons. The van der Waals surface area contributed by atoms with Gasteiger partial charge >= 0.3 is 11.9 Å². The van der Waals surface area contributed by atoms with Crippen LogP contribution in [-0.2, 0) is 91.6 Å². The van der Waals surface area contributed by atoms with E-state index in [4.69, 9.17) is 26.4 Å². The van der Waals surface area contributed by atoms with E-state index in [0.29, 0.717) is 122 Å². The Morgan fingerprint density at radius 1 is 0.880 bits per heavy atom. The Balaban J connectivity index is 0.783. The smallest absolute Gasteiger partial charge is 0.317 e. The largest absolute Gasteiger partial charge is 0.480 e. The number of aryl methyl sites for hydroxylation is 1. The molecule has 0 saturated carbocycles. The third-order valence-electron chi connectivity index (χ3n) is 18.1. The molecule has 1 aromatic heterocycles. The number of carbonyl (C=O) groups excluding carboxylic acids is 6. The van der Waals surface area contributed by atoms with Crippen LogP contribution in [0.5, 0.6) is 0 Å². The zero-order chi connectivity index (χ0) is 71.6. The Morgan fingerprint density at radius 2 is 1.59 bits per heavy atom. The van der Waals surface area contributed by atoms with E-state index in [1.165, 1.54) is 5.56 Å². The van der Waals surface area contributed by atoms with Crippen molar-refractivity contribution in [3.05, 3.63) is 110 Å². The van der Waals surface area contributed by atoms with Crippen LogP contribution >= 0.6 is 34.8 Å². The molecule has 5 heterocycles. The molecule has 8 rings (SSSR count). The van der Waals surface area contributed by atoms with Crippen LogP contribution in [0.1, 0.15) is 91.8 Å². The Bertz CT molecular complexity index is 3460. The number of likely N-dealkylation sites (tertiary alicyclic amines) is 1. The van der Waals surface area contributed by atoms with Crippen molar-refractivity contribution >= 4 is 93.6 Å². The standard InChI is InChI=1S/C68H90F2IN15O13S/c1-2-80-22-23-81(41-62(90)91)24-25-82(42-63(92)93)26-27-83(45-99-46-87)55(39-80)31-48-14-18-53(19-15-48)75-67(100)77-58(10-3-4-20-73-60(88)11-5-7-47-12-16-52(71)17-13-47)65(95)74-21-28-97-29-30-98-43-54-38-85(79-78-54)37-50-9-6-8-49-36-84(40-57(49)50)61(89)33-51-32-59(76-64(51)94)66(96)86-44-68(69,70)34-56(86)35-72/h6,8-9,12-19,38,46,51,55-56,58-59H,2-5,7,10-11,20-34,36-37,39-45H2,1H3,(H,73,88)(H,74,95)(H,76,94)(H,90,91)(H,92,93)(H2,75,77,100)/t51-,55?,56-,58+,59-/m0/s1. The highest BCUT2D eigenvalue weighted by Crippen LogP contribution is 2.34. The quantitative estimate of drug-likeness (QED) is 0.0150. The third kappa shape index (κ3) is 25.0. The van der Waals surface area contributed by atoms with Crippen molar-refractivity contribution in [3.63, 3.8) is 0 Å². The van der Waals surface area contributed by atoms with Crippen LogP contribution in [0.2, 0.25) is 0 Å². The summed E-state index contributed by atoms with van der Waals surface area (Å²) in [6.45, 7) is 7.17. The highest BCUT2D eigenvalue weighted by molar-refractivity contribution is 14.1. The first-order valence-electron chi connectivity index (χ1n) is 33.8. The molecule has 4 aliphatic heterocycles. The van der Waals surface area contributed by atoms with E-state index in [1.54, 1.807) is 26.7 Å². The van der Waals surface area contributed by atoms with Crippen molar-refractivity contribution in [1.82, 2.24) is 65.7 Å². The van der Waals surface area contributed by atoms with Gasteiger partial charge in [0.05, 0.1) is 64.9 Å². The number of thiocarbonyl (C=S) groups is 1. The summed E-state index contributed by atoms with van der Waals surface area (Å²) in [5.74, 6) is -7.89. The molecule has 3 saturated heterocycles. The Hall–Kier alpha value is -7.91. The minimum absolute atomic E-state index is 0.0135. The van der Waals surface area contributed by atoms with E-state index in [9.17, 15) is 62.6 Å². The Labute approximate surface area is 599 Å². The molecule has 4 aliphatic rings. The van der Waals surface area contributed by atoms with Crippen molar-refractivity contribution in [1.29, 1.82) is 5.26 Å². The van der Waals surface area contributed by atoms with Gasteiger partial charge in [0.1, 0.15) is 30.6 Å². The summed E-state index contributed by atoms with van der Waals surface area (Å²) in [6.07, 6.45) is 4.85. The molecule has 3 fully saturated rings.